The number of nitrogens with one attached hydrogen (secondary N) is 2. The highest BCUT2D eigenvalue weighted by molar-refractivity contribution is 6.48. The van der Waals surface area contributed by atoms with Gasteiger partial charge >= 0.3 is 0 Å². The van der Waals surface area contributed by atoms with Crippen LogP contribution in [0, 0.1) is 6.92 Å². The van der Waals surface area contributed by atoms with E-state index in [0.717, 1.165) is 11.2 Å². The Kier molecular flexibility index (Phi) is 4.70. The van der Waals surface area contributed by atoms with Gasteiger partial charge in [0.25, 0.3) is 11.7 Å². The summed E-state index contributed by atoms with van der Waals surface area (Å²) in [5.41, 5.74) is 3.16. The highest BCUT2D eigenvalue weighted by Gasteiger charge is 2.23. The quantitative estimate of drug-likeness (QED) is 0.298. The topological polar surface area (TPSA) is 123 Å². The summed E-state index contributed by atoms with van der Waals surface area (Å²) in [7, 11) is 0. The molecule has 4 heterocycles. The van der Waals surface area contributed by atoms with Gasteiger partial charge in [0, 0.05) is 23.2 Å². The first-order valence-corrected chi connectivity index (χ1v) is 10.8. The van der Waals surface area contributed by atoms with Gasteiger partial charge in [0.05, 0.1) is 28.5 Å². The Morgan fingerprint density at radius 3 is 2.60 bits per heavy atom. The van der Waals surface area contributed by atoms with Crippen molar-refractivity contribution in [2.75, 3.05) is 5.32 Å². The van der Waals surface area contributed by atoms with Crippen LogP contribution in [0.4, 0.5) is 5.82 Å². The van der Waals surface area contributed by atoms with Crippen molar-refractivity contribution in [2.45, 2.75) is 6.92 Å². The number of amides is 1. The van der Waals surface area contributed by atoms with Crippen LogP contribution in [-0.4, -0.2) is 46.2 Å². The number of aryl methyl sites for hydroxylation is 1. The van der Waals surface area contributed by atoms with E-state index in [-0.39, 0.29) is 0 Å². The third-order valence-electron chi connectivity index (χ3n) is 5.66. The summed E-state index contributed by atoms with van der Waals surface area (Å²) in [4.78, 5) is 37.7. The van der Waals surface area contributed by atoms with Gasteiger partial charge in [0.2, 0.25) is 0 Å². The lowest BCUT2D eigenvalue weighted by molar-refractivity contribution is -0.112. The minimum absolute atomic E-state index is 0.300. The van der Waals surface area contributed by atoms with Gasteiger partial charge in [0.1, 0.15) is 12.1 Å². The Morgan fingerprint density at radius 2 is 1.74 bits per heavy atom. The first-order chi connectivity index (χ1) is 17.1. The molecule has 10 heteroatoms. The molecule has 1 amide bonds. The van der Waals surface area contributed by atoms with Crippen molar-refractivity contribution in [3.63, 3.8) is 0 Å². The minimum atomic E-state index is -0.777. The summed E-state index contributed by atoms with van der Waals surface area (Å²) < 4.78 is 3.19. The van der Waals surface area contributed by atoms with Crippen LogP contribution in [0.1, 0.15) is 16.1 Å². The molecule has 0 aliphatic carbocycles. The molecule has 0 atom stereocenters. The molecule has 0 saturated heterocycles. The second-order valence-electron chi connectivity index (χ2n) is 7.94. The van der Waals surface area contributed by atoms with Gasteiger partial charge in [-0.15, -0.1) is 0 Å². The number of para-hydroxylation sites is 2. The van der Waals surface area contributed by atoms with E-state index >= 15 is 0 Å². The molecular formula is C25H18N8O2. The maximum absolute atomic E-state index is 13.0. The number of carbonyl (C=O) groups is 2. The molecule has 0 bridgehead atoms. The average molecular weight is 462 g/mol. The summed E-state index contributed by atoms with van der Waals surface area (Å²) in [5.74, 6) is -0.688. The number of nitrogens with zero attached hydrogens (tertiary/aromatic N) is 6. The number of Topliss-reactive ketones (excluding diaryl/α,β-unsaturated/α-hetero) is 1. The Bertz CT molecular complexity index is 1730. The van der Waals surface area contributed by atoms with E-state index in [1.807, 2.05) is 48.5 Å². The highest BCUT2D eigenvalue weighted by atomic mass is 16.2. The molecule has 6 rings (SSSR count). The third-order valence-corrected chi connectivity index (χ3v) is 5.66. The van der Waals surface area contributed by atoms with Crippen LogP contribution in [0.3, 0.4) is 0 Å². The van der Waals surface area contributed by atoms with Gasteiger partial charge in [-0.3, -0.25) is 9.59 Å². The van der Waals surface area contributed by atoms with E-state index in [0.29, 0.717) is 39.3 Å². The standard InChI is InChI=1S/C25H18N8O2/c1-15-11-21(30-25(35)22(34)18-12-26-20-10-6-5-9-17(18)20)33(31-15)24-19-13-29-32(23(19)27-14-28-24)16-7-3-2-4-8-16/h2-14,26H,1H3,(H,30,35). The van der Waals surface area contributed by atoms with Crippen molar-refractivity contribution in [3.05, 3.63) is 90.6 Å². The van der Waals surface area contributed by atoms with Gasteiger partial charge < -0.3 is 10.3 Å². The van der Waals surface area contributed by atoms with Crippen LogP contribution < -0.4 is 5.32 Å². The number of anilines is 1. The lowest BCUT2D eigenvalue weighted by Gasteiger charge is -2.09. The van der Waals surface area contributed by atoms with Crippen LogP contribution in [-0.2, 0) is 4.79 Å². The smallest absolute Gasteiger partial charge is 0.298 e. The number of benzene rings is 2. The number of aromatic amines is 1. The number of hydrogen-bond donors (Lipinski definition) is 2. The molecule has 10 nitrogen and oxygen atoms in total. The van der Waals surface area contributed by atoms with Crippen molar-refractivity contribution in [2.24, 2.45) is 0 Å². The SMILES string of the molecule is Cc1cc(NC(=O)C(=O)c2c[nH]c3ccccc23)n(-c2ncnc3c2cnn3-c2ccccc2)n1. The zero-order chi connectivity index (χ0) is 23.9. The van der Waals surface area contributed by atoms with Crippen molar-refractivity contribution in [3.8, 4) is 11.5 Å². The molecule has 0 fully saturated rings. The zero-order valence-corrected chi connectivity index (χ0v) is 18.5. The normalized spacial score (nSPS) is 11.2. The molecule has 0 radical (unpaired) electrons. The van der Waals surface area contributed by atoms with Crippen molar-refractivity contribution < 1.29 is 9.59 Å². The van der Waals surface area contributed by atoms with E-state index < -0.39 is 11.7 Å². The van der Waals surface area contributed by atoms with Crippen LogP contribution in [0.25, 0.3) is 33.4 Å². The molecule has 0 unspecified atom stereocenters. The number of aromatic nitrogens is 7. The molecule has 2 aromatic carbocycles. The zero-order valence-electron chi connectivity index (χ0n) is 18.5. The van der Waals surface area contributed by atoms with Crippen LogP contribution in [0.5, 0.6) is 0 Å². The molecule has 6 aromatic rings. The number of hydrogen-bond acceptors (Lipinski definition) is 6. The summed E-state index contributed by atoms with van der Waals surface area (Å²) in [5, 5.41) is 13.0. The second-order valence-corrected chi connectivity index (χ2v) is 7.94. The maximum atomic E-state index is 13.0. The van der Waals surface area contributed by atoms with E-state index in [9.17, 15) is 9.59 Å². The predicted octanol–water partition coefficient (Wildman–Crippen LogP) is 3.61. The van der Waals surface area contributed by atoms with Gasteiger partial charge in [0.15, 0.2) is 11.5 Å². The van der Waals surface area contributed by atoms with Crippen LogP contribution in [0.2, 0.25) is 0 Å². The van der Waals surface area contributed by atoms with E-state index in [1.54, 1.807) is 36.1 Å². The molecule has 0 saturated carbocycles. The molecule has 0 spiro atoms. The lowest BCUT2D eigenvalue weighted by atomic mass is 10.1. The maximum Gasteiger partial charge on any atom is 0.298 e. The summed E-state index contributed by atoms with van der Waals surface area (Å²) in [6.45, 7) is 1.79. The first-order valence-electron chi connectivity index (χ1n) is 10.8. The van der Waals surface area contributed by atoms with Crippen molar-refractivity contribution in [1.29, 1.82) is 0 Å². The molecule has 4 aromatic heterocycles. The highest BCUT2D eigenvalue weighted by Crippen LogP contribution is 2.25. The largest absolute Gasteiger partial charge is 0.360 e. The number of ketones is 1. The van der Waals surface area contributed by atoms with Gasteiger partial charge in [-0.1, -0.05) is 36.4 Å². The predicted molar refractivity (Wildman–Crippen MR) is 130 cm³/mol. The average Bonchev–Trinajstić information content (AvgIpc) is 3.60. The molecule has 0 aliphatic rings. The Morgan fingerprint density at radius 1 is 0.943 bits per heavy atom. The molecule has 0 aliphatic heterocycles. The lowest BCUT2D eigenvalue weighted by Crippen LogP contribution is -2.24. The number of H-pyrrole nitrogens is 1. The van der Waals surface area contributed by atoms with E-state index in [4.69, 9.17) is 0 Å². The molecule has 170 valence electrons. The van der Waals surface area contributed by atoms with E-state index in [1.165, 1.54) is 11.0 Å². The molecular weight excluding hydrogens is 444 g/mol. The fourth-order valence-electron chi connectivity index (χ4n) is 4.06. The number of fused-ring (bicyclic) bond motifs is 2. The molecule has 2 N–H and O–H groups in total. The summed E-state index contributed by atoms with van der Waals surface area (Å²) in [6, 6.07) is 18.6. The third kappa shape index (κ3) is 3.44. The number of carbonyl (C=O) groups excluding carboxylic acids is 2. The fraction of sp³-hybridized carbons (Fsp3) is 0.0400. The minimum Gasteiger partial charge on any atom is -0.360 e. The second kappa shape index (κ2) is 8.03. The van der Waals surface area contributed by atoms with Gasteiger partial charge in [-0.25, -0.2) is 14.6 Å². The van der Waals surface area contributed by atoms with Crippen LogP contribution in [0.15, 0.2) is 79.4 Å². The molecule has 35 heavy (non-hydrogen) atoms. The Hall–Kier alpha value is -5.12. The van der Waals surface area contributed by atoms with Gasteiger partial charge in [-0.2, -0.15) is 14.9 Å². The summed E-state index contributed by atoms with van der Waals surface area (Å²) in [6.07, 6.45) is 4.61. The monoisotopic (exact) mass is 462 g/mol. The van der Waals surface area contributed by atoms with Crippen molar-refractivity contribution in [1.82, 2.24) is 34.5 Å². The van der Waals surface area contributed by atoms with E-state index in [2.05, 4.69) is 30.5 Å². The van der Waals surface area contributed by atoms with Crippen molar-refractivity contribution >= 4 is 39.4 Å². The van der Waals surface area contributed by atoms with Crippen LogP contribution >= 0.6 is 0 Å². The van der Waals surface area contributed by atoms with Gasteiger partial charge in [-0.05, 0) is 25.1 Å². The Labute approximate surface area is 198 Å². The summed E-state index contributed by atoms with van der Waals surface area (Å²) >= 11 is 0. The Balaban J connectivity index is 1.37. The first kappa shape index (κ1) is 20.5. The fourth-order valence-corrected chi connectivity index (χ4v) is 4.06. The number of rotatable bonds is 5.